The van der Waals surface area contributed by atoms with Crippen molar-refractivity contribution in [3.63, 3.8) is 0 Å². The predicted octanol–water partition coefficient (Wildman–Crippen LogP) is 5.42. The van der Waals surface area contributed by atoms with E-state index in [1.54, 1.807) is 42.8 Å². The van der Waals surface area contributed by atoms with Crippen LogP contribution >= 0.6 is 34.5 Å². The third-order valence-corrected chi connectivity index (χ3v) is 9.37. The van der Waals surface area contributed by atoms with Gasteiger partial charge in [0.15, 0.2) is 0 Å². The summed E-state index contributed by atoms with van der Waals surface area (Å²) < 4.78 is 56.6. The topological polar surface area (TPSA) is 118 Å². The summed E-state index contributed by atoms with van der Waals surface area (Å²) in [6.07, 6.45) is 1.58. The maximum atomic E-state index is 13.2. The number of aryl methyl sites for hydroxylation is 1. The minimum Gasteiger partial charge on any atom is -0.277 e. The van der Waals surface area contributed by atoms with Crippen molar-refractivity contribution in [1.29, 1.82) is 0 Å². The van der Waals surface area contributed by atoms with Gasteiger partial charge in [0.1, 0.15) is 10.0 Å². The van der Waals surface area contributed by atoms with Crippen molar-refractivity contribution in [3.8, 4) is 11.3 Å². The molecule has 4 aromatic rings. The molecule has 8 nitrogen and oxygen atoms in total. The summed E-state index contributed by atoms with van der Waals surface area (Å²) in [6.45, 7) is 1.73. The van der Waals surface area contributed by atoms with Crippen LogP contribution < -0.4 is 9.44 Å². The second-order valence-corrected chi connectivity index (χ2v) is 12.3. The smallest absolute Gasteiger partial charge is 0.271 e. The van der Waals surface area contributed by atoms with E-state index < -0.39 is 20.0 Å². The molecule has 0 saturated heterocycles. The molecule has 0 fully saturated rings. The maximum Gasteiger partial charge on any atom is 0.271 e. The summed E-state index contributed by atoms with van der Waals surface area (Å²) in [7, 11) is -8.11. The molecule has 4 rings (SSSR count). The predicted molar refractivity (Wildman–Crippen MR) is 135 cm³/mol. The van der Waals surface area contributed by atoms with Gasteiger partial charge in [0.05, 0.1) is 32.0 Å². The number of nitrogens with zero attached hydrogens (tertiary/aromatic N) is 2. The van der Waals surface area contributed by atoms with Crippen molar-refractivity contribution in [3.05, 3.63) is 82.0 Å². The molecule has 2 N–H and O–H groups in total. The second-order valence-electron chi connectivity index (χ2n) is 6.97. The van der Waals surface area contributed by atoms with Crippen molar-refractivity contribution in [1.82, 2.24) is 9.97 Å². The van der Waals surface area contributed by atoms with Crippen LogP contribution in [0.3, 0.4) is 0 Å². The molecule has 0 bridgehead atoms. The lowest BCUT2D eigenvalue weighted by Gasteiger charge is -2.16. The van der Waals surface area contributed by atoms with E-state index in [1.807, 2.05) is 0 Å². The highest BCUT2D eigenvalue weighted by atomic mass is 35.5. The van der Waals surface area contributed by atoms with E-state index in [0.29, 0.717) is 17.1 Å². The van der Waals surface area contributed by atoms with E-state index >= 15 is 0 Å². The van der Waals surface area contributed by atoms with Crippen LogP contribution in [0.1, 0.15) is 5.82 Å². The van der Waals surface area contributed by atoms with Crippen LogP contribution in [0, 0.1) is 6.92 Å². The minimum absolute atomic E-state index is 0.0450. The minimum atomic E-state index is -4.14. The maximum absolute atomic E-state index is 13.2. The van der Waals surface area contributed by atoms with Crippen LogP contribution in [0.4, 0.5) is 11.4 Å². The summed E-state index contributed by atoms with van der Waals surface area (Å²) in [5.41, 5.74) is 0.969. The Morgan fingerprint density at radius 3 is 2.15 bits per heavy atom. The molecule has 2 heterocycles. The van der Waals surface area contributed by atoms with Gasteiger partial charge in [-0.05, 0) is 48.7 Å². The first kappa shape index (κ1) is 24.4. The van der Waals surface area contributed by atoms with Crippen molar-refractivity contribution in [2.24, 2.45) is 0 Å². The average molecular weight is 555 g/mol. The number of thiophene rings is 1. The fraction of sp³-hybridized carbons (Fsp3) is 0.0476. The van der Waals surface area contributed by atoms with E-state index in [0.717, 1.165) is 11.3 Å². The third-order valence-electron chi connectivity index (χ3n) is 4.53. The number of aromatic nitrogens is 2. The van der Waals surface area contributed by atoms with E-state index in [9.17, 15) is 16.8 Å². The summed E-state index contributed by atoms with van der Waals surface area (Å²) >= 11 is 13.2. The lowest BCUT2D eigenvalue weighted by Crippen LogP contribution is -2.17. The van der Waals surface area contributed by atoms with Gasteiger partial charge in [-0.15, -0.1) is 11.3 Å². The number of rotatable bonds is 7. The van der Waals surface area contributed by atoms with Gasteiger partial charge in [-0.3, -0.25) is 9.44 Å². The normalized spacial score (nSPS) is 11.9. The molecular formula is C21H16Cl2N4O4S3. The zero-order chi connectivity index (χ0) is 24.5. The van der Waals surface area contributed by atoms with Crippen LogP contribution in [-0.2, 0) is 20.0 Å². The summed E-state index contributed by atoms with van der Waals surface area (Å²) in [5.74, 6) is 0.544. The second kappa shape index (κ2) is 9.51. The van der Waals surface area contributed by atoms with Gasteiger partial charge in [-0.25, -0.2) is 26.8 Å². The summed E-state index contributed by atoms with van der Waals surface area (Å²) in [6, 6.07) is 13.3. The molecule has 0 amide bonds. The van der Waals surface area contributed by atoms with E-state index in [1.165, 1.54) is 30.3 Å². The van der Waals surface area contributed by atoms with Gasteiger partial charge in [0.25, 0.3) is 20.0 Å². The van der Waals surface area contributed by atoms with Gasteiger partial charge >= 0.3 is 0 Å². The number of nitrogens with one attached hydrogen (secondary N) is 2. The van der Waals surface area contributed by atoms with Gasteiger partial charge in [0.2, 0.25) is 0 Å². The van der Waals surface area contributed by atoms with Crippen molar-refractivity contribution in [2.75, 3.05) is 9.44 Å². The Balaban J connectivity index is 1.71. The molecule has 0 aliphatic rings. The molecule has 2 aromatic heterocycles. The highest BCUT2D eigenvalue weighted by Gasteiger charge is 2.22. The van der Waals surface area contributed by atoms with Gasteiger partial charge < -0.3 is 0 Å². The number of anilines is 2. The van der Waals surface area contributed by atoms with Gasteiger partial charge in [-0.1, -0.05) is 41.4 Å². The number of hydrogen-bond donors (Lipinski definition) is 2. The summed E-state index contributed by atoms with van der Waals surface area (Å²) in [5, 5.41) is 1.71. The van der Waals surface area contributed by atoms with Crippen molar-refractivity contribution in [2.45, 2.75) is 16.0 Å². The molecule has 0 unspecified atom stereocenters. The first-order valence-corrected chi connectivity index (χ1v) is 14.1. The molecule has 0 aliphatic heterocycles. The Labute approximate surface area is 210 Å². The quantitative estimate of drug-likeness (QED) is 0.314. The molecular weight excluding hydrogens is 539 g/mol. The first-order valence-electron chi connectivity index (χ1n) is 9.53. The standard InChI is InChI=1S/C21H16Cl2N4O4S3/c1-13-24-8-7-18(25-13)14-4-2-5-15(10-14)33(28,29)26-19-11-16(22)17(23)12-20(19)27-34(30,31)21-6-3-9-32-21/h2-12,26-27H,1H3. The molecule has 0 spiro atoms. The van der Waals surface area contributed by atoms with Gasteiger partial charge in [-0.2, -0.15) is 0 Å². The molecule has 176 valence electrons. The van der Waals surface area contributed by atoms with Crippen LogP contribution in [0.15, 0.2) is 75.3 Å². The largest absolute Gasteiger partial charge is 0.277 e. The van der Waals surface area contributed by atoms with Crippen LogP contribution in [0.2, 0.25) is 10.0 Å². The van der Waals surface area contributed by atoms with E-state index in [2.05, 4.69) is 19.4 Å². The number of halogens is 2. The lowest BCUT2D eigenvalue weighted by atomic mass is 10.1. The third kappa shape index (κ3) is 5.34. The first-order chi connectivity index (χ1) is 16.0. The van der Waals surface area contributed by atoms with Crippen LogP contribution in [0.5, 0.6) is 0 Å². The number of sulfonamides is 2. The van der Waals surface area contributed by atoms with Crippen LogP contribution in [0.25, 0.3) is 11.3 Å². The fourth-order valence-corrected chi connectivity index (χ4v) is 6.48. The fourth-order valence-electron chi connectivity index (χ4n) is 2.97. The molecule has 0 radical (unpaired) electrons. The SMILES string of the molecule is Cc1nccc(-c2cccc(S(=O)(=O)Nc3cc(Cl)c(Cl)cc3NS(=O)(=O)c3cccs3)c2)n1. The zero-order valence-electron chi connectivity index (χ0n) is 17.4. The van der Waals surface area contributed by atoms with Gasteiger partial charge in [0, 0.05) is 11.8 Å². The Morgan fingerprint density at radius 2 is 1.53 bits per heavy atom. The number of benzene rings is 2. The number of hydrogen-bond acceptors (Lipinski definition) is 7. The highest BCUT2D eigenvalue weighted by molar-refractivity contribution is 7.94. The van der Waals surface area contributed by atoms with E-state index in [-0.39, 0.29) is 30.5 Å². The molecule has 2 aromatic carbocycles. The zero-order valence-corrected chi connectivity index (χ0v) is 21.3. The van der Waals surface area contributed by atoms with Crippen molar-refractivity contribution >= 4 is 66.0 Å². The van der Waals surface area contributed by atoms with E-state index in [4.69, 9.17) is 23.2 Å². The molecule has 0 saturated carbocycles. The molecule has 13 heteroatoms. The lowest BCUT2D eigenvalue weighted by molar-refractivity contribution is 0.599. The molecule has 0 atom stereocenters. The molecule has 34 heavy (non-hydrogen) atoms. The Bertz CT molecular complexity index is 1580. The Hall–Kier alpha value is -2.70. The Kier molecular flexibility index (Phi) is 6.83. The monoisotopic (exact) mass is 554 g/mol. The average Bonchev–Trinajstić information content (AvgIpc) is 3.33. The molecule has 0 aliphatic carbocycles. The van der Waals surface area contributed by atoms with Crippen LogP contribution in [-0.4, -0.2) is 26.8 Å². The Morgan fingerprint density at radius 1 is 0.853 bits per heavy atom. The van der Waals surface area contributed by atoms with Crippen molar-refractivity contribution < 1.29 is 16.8 Å². The summed E-state index contributed by atoms with van der Waals surface area (Å²) in [4.78, 5) is 8.31. The highest BCUT2D eigenvalue weighted by Crippen LogP contribution is 2.36.